The van der Waals surface area contributed by atoms with Crippen LogP contribution in [0.15, 0.2) is 103 Å². The predicted molar refractivity (Wildman–Crippen MR) is 313 cm³/mol. The molecule has 8 atom stereocenters. The second-order valence-electron chi connectivity index (χ2n) is 20.9. The molecule has 0 aromatic heterocycles. The van der Waals surface area contributed by atoms with Crippen LogP contribution in [0.1, 0.15) is 99.3 Å². The number of carbonyl (C=O) groups excluding carboxylic acids is 8. The number of phenolic OH excluding ortho intramolecular Hbond substituents is 3. The smallest absolute Gasteiger partial charge is 0.243 e. The average molecular weight is 1150 g/mol. The number of hydrogen-bond donors (Lipinski definition) is 15. The van der Waals surface area contributed by atoms with Crippen LogP contribution in [0.25, 0.3) is 0 Å². The first-order chi connectivity index (χ1) is 40.0. The van der Waals surface area contributed by atoms with E-state index in [-0.39, 0.29) is 94.8 Å². The third kappa shape index (κ3) is 22.6. The highest BCUT2D eigenvalue weighted by Crippen LogP contribution is 2.18. The Bertz CT molecular complexity index is 2700. The Balaban J connectivity index is 1.67. The van der Waals surface area contributed by atoms with Crippen LogP contribution in [0, 0.1) is 0 Å². The lowest BCUT2D eigenvalue weighted by atomic mass is 9.99. The number of hydrogen-bond acceptors (Lipinski definition) is 15. The van der Waals surface area contributed by atoms with Gasteiger partial charge in [0.1, 0.15) is 65.6 Å². The molecule has 0 aliphatic carbocycles. The van der Waals surface area contributed by atoms with Crippen LogP contribution in [0.4, 0.5) is 0 Å². The third-order valence-corrected chi connectivity index (χ3v) is 14.3. The number of benzene rings is 4. The summed E-state index contributed by atoms with van der Waals surface area (Å²) in [5, 5.41) is 52.9. The summed E-state index contributed by atoms with van der Waals surface area (Å²) in [6, 6.07) is 15.6. The van der Waals surface area contributed by atoms with Crippen molar-refractivity contribution in [2.45, 2.75) is 151 Å². The lowest BCUT2D eigenvalue weighted by molar-refractivity contribution is -0.136. The molecule has 23 nitrogen and oxygen atoms in total. The molecule has 8 amide bonds. The number of aromatic hydroxyl groups is 3. The highest BCUT2D eigenvalue weighted by molar-refractivity contribution is 5.99. The number of amides is 8. The first kappa shape index (κ1) is 65.7. The van der Waals surface area contributed by atoms with Crippen LogP contribution < -0.4 is 65.5 Å². The highest BCUT2D eigenvalue weighted by Gasteiger charge is 2.36. The molecule has 0 saturated carbocycles. The van der Waals surface area contributed by atoms with Crippen molar-refractivity contribution in [3.05, 3.63) is 125 Å². The van der Waals surface area contributed by atoms with Crippen molar-refractivity contribution >= 4 is 47.3 Å². The summed E-state index contributed by atoms with van der Waals surface area (Å²) in [5.74, 6) is -6.51. The lowest BCUT2D eigenvalue weighted by Gasteiger charge is -2.29. The molecular weight excluding hydrogens is 1060 g/mol. The standard InChI is InChI=1S/C60H84N12O11/c61-30-8-4-14-45-53(76)66-47(16-6-10-32-63)55(78)70-52(37-41-22-28-44(75)29-23-41)60(83)71-49(34-38-12-2-1-3-13-38)59(82)72-51(36-40-20-26-43(74)27-21-40)58(81)68-48(17-7-11-33-64)56(79)69-50(35-39-18-24-42(73)25-19-39)57(80)67-46(54(77)65-45)15-5-9-31-62/h1-3,12-13,18-29,45-52,73-75H,4-11,14-17,30-37,61-64H2,(H,65,77)(H,66,76)(H,67,80)(H,68,81)(H,69,79)(H,70,78)(H,71,83)(H,72,82)/t45-,46-,47-,48-,49-,50-,51-,52-/m0/s1. The van der Waals surface area contributed by atoms with Gasteiger partial charge in [-0.25, -0.2) is 0 Å². The van der Waals surface area contributed by atoms with Gasteiger partial charge in [0.2, 0.25) is 47.3 Å². The van der Waals surface area contributed by atoms with E-state index in [0.717, 1.165) is 0 Å². The van der Waals surface area contributed by atoms with E-state index in [4.69, 9.17) is 22.9 Å². The van der Waals surface area contributed by atoms with E-state index in [1.165, 1.54) is 36.4 Å². The van der Waals surface area contributed by atoms with Crippen molar-refractivity contribution in [2.24, 2.45) is 22.9 Å². The van der Waals surface area contributed by atoms with Gasteiger partial charge in [-0.05, 0) is 162 Å². The van der Waals surface area contributed by atoms with E-state index in [1.54, 1.807) is 66.7 Å². The van der Waals surface area contributed by atoms with Gasteiger partial charge in [0.25, 0.3) is 0 Å². The molecular formula is C60H84N12O11. The van der Waals surface area contributed by atoms with Gasteiger partial charge in [0.05, 0.1) is 0 Å². The van der Waals surface area contributed by atoms with Crippen molar-refractivity contribution in [3.63, 3.8) is 0 Å². The van der Waals surface area contributed by atoms with Gasteiger partial charge >= 0.3 is 0 Å². The molecule has 0 radical (unpaired) electrons. The zero-order valence-electron chi connectivity index (χ0n) is 47.0. The van der Waals surface area contributed by atoms with Crippen molar-refractivity contribution in [1.29, 1.82) is 0 Å². The molecule has 1 saturated heterocycles. The largest absolute Gasteiger partial charge is 0.508 e. The zero-order chi connectivity index (χ0) is 60.1. The Labute approximate surface area is 484 Å². The number of nitrogens with two attached hydrogens (primary N) is 4. The van der Waals surface area contributed by atoms with Gasteiger partial charge in [-0.15, -0.1) is 0 Å². The summed E-state index contributed by atoms with van der Waals surface area (Å²) < 4.78 is 0. The van der Waals surface area contributed by atoms with Crippen molar-refractivity contribution < 1.29 is 53.7 Å². The van der Waals surface area contributed by atoms with Crippen molar-refractivity contribution in [2.75, 3.05) is 26.2 Å². The summed E-state index contributed by atoms with van der Waals surface area (Å²) in [6.45, 7) is 1.05. The fraction of sp³-hybridized carbons (Fsp3) is 0.467. The van der Waals surface area contributed by atoms with Gasteiger partial charge in [-0.2, -0.15) is 0 Å². The molecule has 0 unspecified atom stereocenters. The molecule has 0 bridgehead atoms. The summed E-state index contributed by atoms with van der Waals surface area (Å²) in [4.78, 5) is 118. The summed E-state index contributed by atoms with van der Waals surface area (Å²) in [6.07, 6.45) is 2.87. The van der Waals surface area contributed by atoms with E-state index in [0.29, 0.717) is 73.6 Å². The number of nitrogens with one attached hydrogen (secondary N) is 8. The Morgan fingerprint density at radius 1 is 0.265 bits per heavy atom. The van der Waals surface area contributed by atoms with E-state index < -0.39 is 95.6 Å². The molecule has 23 heteroatoms. The molecule has 1 fully saturated rings. The quantitative estimate of drug-likeness (QED) is 0.0425. The van der Waals surface area contributed by atoms with Crippen molar-refractivity contribution in [3.8, 4) is 17.2 Å². The van der Waals surface area contributed by atoms with Gasteiger partial charge in [0.15, 0.2) is 0 Å². The van der Waals surface area contributed by atoms with Crippen LogP contribution >= 0.6 is 0 Å². The average Bonchev–Trinajstić information content (AvgIpc) is 3.48. The maximum atomic E-state index is 14.9. The molecule has 5 rings (SSSR count). The summed E-state index contributed by atoms with van der Waals surface area (Å²) in [7, 11) is 0. The van der Waals surface area contributed by atoms with Gasteiger partial charge in [0, 0.05) is 25.7 Å². The number of unbranched alkanes of at least 4 members (excludes halogenated alkanes) is 4. The van der Waals surface area contributed by atoms with Gasteiger partial charge < -0.3 is 80.8 Å². The Kier molecular flexibility index (Phi) is 27.7. The summed E-state index contributed by atoms with van der Waals surface area (Å²) >= 11 is 0. The SMILES string of the molecule is NCCCC[C@@H]1NC(=O)[C@H](CCCCN)NC(=O)[C@H](Cc2ccc(O)cc2)NC(=O)[C@H](CCCCN)NC(=O)[C@H](Cc2ccc(O)cc2)NC(=O)[C@H](Cc2ccccc2)NC(=O)[C@H](Cc2ccc(O)cc2)NC(=O)[C@H](CCCCN)NC1=O. The minimum absolute atomic E-state index is 0.0225. The Morgan fingerprint density at radius 2 is 0.458 bits per heavy atom. The van der Waals surface area contributed by atoms with E-state index in [1.807, 2.05) is 0 Å². The molecule has 450 valence electrons. The predicted octanol–water partition coefficient (Wildman–Crippen LogP) is 0.482. The summed E-state index contributed by atoms with van der Waals surface area (Å²) in [5.41, 5.74) is 25.6. The minimum atomic E-state index is -1.44. The molecule has 19 N–H and O–H groups in total. The van der Waals surface area contributed by atoms with Crippen molar-refractivity contribution in [1.82, 2.24) is 42.5 Å². The minimum Gasteiger partial charge on any atom is -0.508 e. The van der Waals surface area contributed by atoms with Gasteiger partial charge in [-0.1, -0.05) is 66.7 Å². The topological polar surface area (TPSA) is 398 Å². The third-order valence-electron chi connectivity index (χ3n) is 14.3. The second kappa shape index (κ2) is 35.0. The molecule has 4 aromatic carbocycles. The molecule has 1 aliphatic rings. The molecule has 1 heterocycles. The zero-order valence-corrected chi connectivity index (χ0v) is 47.0. The molecule has 1 aliphatic heterocycles. The molecule has 0 spiro atoms. The van der Waals surface area contributed by atoms with Crippen LogP contribution in [0.3, 0.4) is 0 Å². The number of rotatable bonds is 24. The van der Waals surface area contributed by atoms with Gasteiger partial charge in [-0.3, -0.25) is 38.4 Å². The van der Waals surface area contributed by atoms with Crippen LogP contribution in [0.5, 0.6) is 17.2 Å². The Hall–Kier alpha value is -8.12. The maximum Gasteiger partial charge on any atom is 0.243 e. The maximum absolute atomic E-state index is 14.9. The van der Waals surface area contributed by atoms with Crippen LogP contribution in [-0.4, -0.2) is 137 Å². The van der Waals surface area contributed by atoms with E-state index >= 15 is 0 Å². The normalized spacial score (nSPS) is 21.9. The lowest BCUT2D eigenvalue weighted by Crippen LogP contribution is -2.62. The fourth-order valence-corrected chi connectivity index (χ4v) is 9.52. The monoisotopic (exact) mass is 1150 g/mol. The van der Waals surface area contributed by atoms with E-state index in [9.17, 15) is 53.7 Å². The first-order valence-electron chi connectivity index (χ1n) is 28.6. The van der Waals surface area contributed by atoms with Crippen LogP contribution in [-0.2, 0) is 64.0 Å². The second-order valence-corrected chi connectivity index (χ2v) is 20.9. The van der Waals surface area contributed by atoms with Crippen LogP contribution in [0.2, 0.25) is 0 Å². The fourth-order valence-electron chi connectivity index (χ4n) is 9.52. The number of carbonyl (C=O) groups is 8. The first-order valence-corrected chi connectivity index (χ1v) is 28.6. The van der Waals surface area contributed by atoms with E-state index in [2.05, 4.69) is 42.5 Å². The number of phenols is 3. The molecule has 4 aromatic rings. The molecule has 83 heavy (non-hydrogen) atoms. The highest BCUT2D eigenvalue weighted by atomic mass is 16.3. The Morgan fingerprint density at radius 3 is 0.675 bits per heavy atom.